The number of hydrogen-bond acceptors (Lipinski definition) is 2. The molecule has 0 bridgehead atoms. The van der Waals surface area contributed by atoms with Crippen molar-refractivity contribution in [3.63, 3.8) is 0 Å². The van der Waals surface area contributed by atoms with Crippen molar-refractivity contribution in [1.29, 1.82) is 0 Å². The summed E-state index contributed by atoms with van der Waals surface area (Å²) in [5, 5.41) is 9.29. The zero-order valence-corrected chi connectivity index (χ0v) is 13.0. The lowest BCUT2D eigenvalue weighted by Gasteiger charge is -2.41. The third-order valence-electron chi connectivity index (χ3n) is 5.04. The molecule has 1 saturated carbocycles. The minimum Gasteiger partial charge on any atom is -0.368 e. The molecule has 0 radical (unpaired) electrons. The zero-order valence-electron chi connectivity index (χ0n) is 12.3. The quantitative estimate of drug-likeness (QED) is 0.900. The summed E-state index contributed by atoms with van der Waals surface area (Å²) in [7, 11) is 0. The van der Waals surface area contributed by atoms with Gasteiger partial charge in [-0.05, 0) is 37.8 Å². The van der Waals surface area contributed by atoms with Gasteiger partial charge < -0.3 is 5.32 Å². The van der Waals surface area contributed by atoms with Crippen LogP contribution in [0.4, 0.5) is 5.82 Å². The minimum absolute atomic E-state index is 0.0214. The zero-order chi connectivity index (χ0) is 14.4. The van der Waals surface area contributed by atoms with E-state index in [1.165, 1.54) is 17.7 Å². The van der Waals surface area contributed by atoms with Crippen molar-refractivity contribution in [2.24, 2.45) is 0 Å². The molecule has 2 heterocycles. The summed E-state index contributed by atoms with van der Waals surface area (Å²) in [6, 6.07) is 11.0. The fourth-order valence-corrected chi connectivity index (χ4v) is 3.94. The first-order valence-corrected chi connectivity index (χ1v) is 8.17. The number of aromatic nitrogens is 2. The molecule has 1 aliphatic heterocycles. The van der Waals surface area contributed by atoms with E-state index >= 15 is 0 Å². The first-order chi connectivity index (χ1) is 10.2. The molecular formula is C17H20ClN3. The van der Waals surface area contributed by atoms with Gasteiger partial charge in [0, 0.05) is 29.1 Å². The molecule has 1 aromatic carbocycles. The van der Waals surface area contributed by atoms with Crippen molar-refractivity contribution in [3.8, 4) is 0 Å². The summed E-state index contributed by atoms with van der Waals surface area (Å²) in [6.07, 6.45) is 4.66. The van der Waals surface area contributed by atoms with Gasteiger partial charge in [-0.2, -0.15) is 5.10 Å². The topological polar surface area (TPSA) is 29.9 Å². The maximum absolute atomic E-state index is 6.47. The summed E-state index contributed by atoms with van der Waals surface area (Å²) in [5.41, 5.74) is 2.44. The highest BCUT2D eigenvalue weighted by Crippen LogP contribution is 2.51. The van der Waals surface area contributed by atoms with Gasteiger partial charge in [-0.3, -0.25) is 0 Å². The Bertz CT molecular complexity index is 672. The van der Waals surface area contributed by atoms with Gasteiger partial charge in [0.05, 0.1) is 5.69 Å². The predicted octanol–water partition coefficient (Wildman–Crippen LogP) is 4.21. The molecule has 1 fully saturated rings. The first-order valence-electron chi connectivity index (χ1n) is 7.79. The Morgan fingerprint density at radius 1 is 1.33 bits per heavy atom. The van der Waals surface area contributed by atoms with Gasteiger partial charge in [0.2, 0.25) is 0 Å². The van der Waals surface area contributed by atoms with E-state index < -0.39 is 0 Å². The molecule has 1 aliphatic carbocycles. The van der Waals surface area contributed by atoms with Crippen molar-refractivity contribution in [3.05, 3.63) is 46.6 Å². The lowest BCUT2D eigenvalue weighted by molar-refractivity contribution is 0.290. The summed E-state index contributed by atoms with van der Waals surface area (Å²) >= 11 is 6.47. The van der Waals surface area contributed by atoms with Crippen LogP contribution in [-0.2, 0) is 12.0 Å². The minimum atomic E-state index is 0.0214. The van der Waals surface area contributed by atoms with Crippen LogP contribution in [0.5, 0.6) is 0 Å². The maximum Gasteiger partial charge on any atom is 0.124 e. The second kappa shape index (κ2) is 4.77. The van der Waals surface area contributed by atoms with Crippen LogP contribution < -0.4 is 5.32 Å². The van der Waals surface area contributed by atoms with Gasteiger partial charge in [-0.15, -0.1) is 0 Å². The van der Waals surface area contributed by atoms with E-state index in [-0.39, 0.29) is 5.41 Å². The molecule has 0 spiro atoms. The predicted molar refractivity (Wildman–Crippen MR) is 86.0 cm³/mol. The monoisotopic (exact) mass is 301 g/mol. The Labute approximate surface area is 130 Å². The van der Waals surface area contributed by atoms with Crippen LogP contribution >= 0.6 is 11.6 Å². The second-order valence-corrected chi connectivity index (χ2v) is 6.79. The molecule has 4 rings (SSSR count). The van der Waals surface area contributed by atoms with E-state index in [2.05, 4.69) is 35.1 Å². The maximum atomic E-state index is 6.47. The van der Waals surface area contributed by atoms with Crippen molar-refractivity contribution in [1.82, 2.24) is 9.78 Å². The standard InChI is InChI=1S/C17H20ClN3/c1-12-7-10-21-16(19-12)11-15(20-21)17(8-4-9-17)13-5-2-3-6-14(13)18/h2-3,5-6,11-12,19H,4,7-10H2,1H3. The molecule has 110 valence electrons. The average Bonchev–Trinajstić information content (AvgIpc) is 2.82. The van der Waals surface area contributed by atoms with Gasteiger partial charge in [-0.25, -0.2) is 4.68 Å². The van der Waals surface area contributed by atoms with E-state index in [4.69, 9.17) is 16.7 Å². The van der Waals surface area contributed by atoms with Crippen molar-refractivity contribution in [2.75, 3.05) is 5.32 Å². The average molecular weight is 302 g/mol. The van der Waals surface area contributed by atoms with Crippen molar-refractivity contribution >= 4 is 17.4 Å². The largest absolute Gasteiger partial charge is 0.368 e. The van der Waals surface area contributed by atoms with Gasteiger partial charge in [-0.1, -0.05) is 36.2 Å². The van der Waals surface area contributed by atoms with Gasteiger partial charge >= 0.3 is 0 Å². The highest BCUT2D eigenvalue weighted by atomic mass is 35.5. The SMILES string of the molecule is CC1CCn2nc(C3(c4ccccc4Cl)CCC3)cc2N1. The van der Waals surface area contributed by atoms with Crippen molar-refractivity contribution in [2.45, 2.75) is 50.6 Å². The number of anilines is 1. The Hall–Kier alpha value is -1.48. The highest BCUT2D eigenvalue weighted by Gasteiger charge is 2.44. The summed E-state index contributed by atoms with van der Waals surface area (Å²) in [6.45, 7) is 3.23. The van der Waals surface area contributed by atoms with Crippen LogP contribution in [0.15, 0.2) is 30.3 Å². The summed E-state index contributed by atoms with van der Waals surface area (Å²) in [5.74, 6) is 1.15. The molecule has 2 aliphatic rings. The number of fused-ring (bicyclic) bond motifs is 1. The second-order valence-electron chi connectivity index (χ2n) is 6.39. The third kappa shape index (κ3) is 1.98. The van der Waals surface area contributed by atoms with E-state index in [0.717, 1.165) is 36.6 Å². The summed E-state index contributed by atoms with van der Waals surface area (Å²) in [4.78, 5) is 0. The molecule has 2 aromatic rings. The van der Waals surface area contributed by atoms with Crippen LogP contribution in [0.3, 0.4) is 0 Å². The number of nitrogens with zero attached hydrogens (tertiary/aromatic N) is 2. The number of nitrogens with one attached hydrogen (secondary N) is 1. The number of aryl methyl sites for hydroxylation is 1. The molecule has 4 heteroatoms. The van der Waals surface area contributed by atoms with E-state index in [0.29, 0.717) is 6.04 Å². The van der Waals surface area contributed by atoms with Crippen LogP contribution in [0.25, 0.3) is 0 Å². The molecule has 1 N–H and O–H groups in total. The van der Waals surface area contributed by atoms with E-state index in [1.807, 2.05) is 12.1 Å². The molecule has 1 aromatic heterocycles. The molecule has 1 atom stereocenters. The molecule has 21 heavy (non-hydrogen) atoms. The smallest absolute Gasteiger partial charge is 0.124 e. The molecule has 1 unspecified atom stereocenters. The lowest BCUT2D eigenvalue weighted by atomic mass is 9.62. The van der Waals surface area contributed by atoms with Crippen LogP contribution in [-0.4, -0.2) is 15.8 Å². The Balaban J connectivity index is 1.79. The number of halogens is 1. The first kappa shape index (κ1) is 13.2. The van der Waals surface area contributed by atoms with E-state index in [1.54, 1.807) is 0 Å². The normalized spacial score (nSPS) is 23.0. The fraction of sp³-hybridized carbons (Fsp3) is 0.471. The van der Waals surface area contributed by atoms with Crippen LogP contribution in [0, 0.1) is 0 Å². The number of rotatable bonds is 2. The fourth-order valence-electron chi connectivity index (χ4n) is 3.62. The van der Waals surface area contributed by atoms with E-state index in [9.17, 15) is 0 Å². The van der Waals surface area contributed by atoms with Gasteiger partial charge in [0.25, 0.3) is 0 Å². The molecule has 3 nitrogen and oxygen atoms in total. The van der Waals surface area contributed by atoms with Gasteiger partial charge in [0.1, 0.15) is 5.82 Å². The Morgan fingerprint density at radius 3 is 2.86 bits per heavy atom. The summed E-state index contributed by atoms with van der Waals surface area (Å²) < 4.78 is 2.12. The highest BCUT2D eigenvalue weighted by molar-refractivity contribution is 6.31. The number of hydrogen-bond donors (Lipinski definition) is 1. The van der Waals surface area contributed by atoms with Gasteiger partial charge in [0.15, 0.2) is 0 Å². The molecular weight excluding hydrogens is 282 g/mol. The molecule has 0 saturated heterocycles. The van der Waals surface area contributed by atoms with Crippen LogP contribution in [0.2, 0.25) is 5.02 Å². The Kier molecular flexibility index (Phi) is 3.00. The molecule has 0 amide bonds. The lowest BCUT2D eigenvalue weighted by Crippen LogP contribution is -2.36. The Morgan fingerprint density at radius 2 is 2.14 bits per heavy atom. The van der Waals surface area contributed by atoms with Crippen LogP contribution in [0.1, 0.15) is 43.9 Å². The third-order valence-corrected chi connectivity index (χ3v) is 5.36. The number of benzene rings is 1. The van der Waals surface area contributed by atoms with Crippen molar-refractivity contribution < 1.29 is 0 Å².